The van der Waals surface area contributed by atoms with Crippen LogP contribution in [-0.2, 0) is 16.2 Å². The molecule has 4 aromatic rings. The molecular formula is C26H23FN2O3. The van der Waals surface area contributed by atoms with Crippen molar-refractivity contribution < 1.29 is 18.8 Å². The molecule has 0 aliphatic carbocycles. The molecular weight excluding hydrogens is 407 g/mol. The third-order valence-electron chi connectivity index (χ3n) is 5.54. The summed E-state index contributed by atoms with van der Waals surface area (Å²) >= 11 is 0. The lowest BCUT2D eigenvalue weighted by molar-refractivity contribution is -0.140. The Morgan fingerprint density at radius 1 is 0.938 bits per heavy atom. The molecule has 4 rings (SSSR count). The molecule has 3 aromatic carbocycles. The second-order valence-corrected chi connectivity index (χ2v) is 7.78. The maximum atomic E-state index is 14.4. The molecule has 6 heteroatoms. The molecule has 0 aliphatic heterocycles. The van der Waals surface area contributed by atoms with Gasteiger partial charge in [-0.05, 0) is 74.4 Å². The van der Waals surface area contributed by atoms with Gasteiger partial charge in [0, 0.05) is 40.8 Å². The number of ketones is 1. The van der Waals surface area contributed by atoms with Gasteiger partial charge in [-0.3, -0.25) is 4.79 Å². The molecule has 0 unspecified atom stereocenters. The Morgan fingerprint density at radius 2 is 1.56 bits per heavy atom. The largest absolute Gasteiger partial charge is 0.341 e. The molecule has 0 amide bonds. The minimum absolute atomic E-state index is 0.0548. The topological polar surface area (TPSA) is 60.7 Å². The highest BCUT2D eigenvalue weighted by Gasteiger charge is 2.17. The molecule has 0 saturated carbocycles. The zero-order valence-corrected chi connectivity index (χ0v) is 18.4. The van der Waals surface area contributed by atoms with Gasteiger partial charge in [-0.2, -0.15) is 0 Å². The van der Waals surface area contributed by atoms with Crippen LogP contribution < -0.4 is 0 Å². The number of halogens is 1. The number of carbonyl (C=O) groups is 2. The highest BCUT2D eigenvalue weighted by atomic mass is 19.1. The van der Waals surface area contributed by atoms with Crippen molar-refractivity contribution in [3.8, 4) is 0 Å². The van der Waals surface area contributed by atoms with E-state index >= 15 is 0 Å². The Hall–Kier alpha value is -3.80. The van der Waals surface area contributed by atoms with Crippen LogP contribution >= 0.6 is 0 Å². The van der Waals surface area contributed by atoms with Crippen molar-refractivity contribution in [2.45, 2.75) is 34.2 Å². The summed E-state index contributed by atoms with van der Waals surface area (Å²) in [4.78, 5) is 28.9. The van der Waals surface area contributed by atoms with Crippen LogP contribution in [0.15, 0.2) is 59.8 Å². The van der Waals surface area contributed by atoms with Gasteiger partial charge in [0.1, 0.15) is 5.82 Å². The number of benzene rings is 3. The molecule has 1 aromatic heterocycles. The zero-order chi connectivity index (χ0) is 23.0. The Labute approximate surface area is 185 Å². The first-order chi connectivity index (χ1) is 15.3. The number of carbonyl (C=O) groups excluding carboxylic acids is 2. The fourth-order valence-electron chi connectivity index (χ4n) is 3.96. The molecule has 0 spiro atoms. The SMILES string of the molecule is CCn1c2ccc(C(=O)c3ccc(C)cc3F)cc2c2cc(/C(C)=N\OC(C)=O)ccc21. The van der Waals surface area contributed by atoms with E-state index in [0.29, 0.717) is 11.3 Å². The summed E-state index contributed by atoms with van der Waals surface area (Å²) < 4.78 is 16.6. The van der Waals surface area contributed by atoms with E-state index in [1.54, 1.807) is 26.0 Å². The monoisotopic (exact) mass is 430 g/mol. The van der Waals surface area contributed by atoms with Crippen LogP contribution in [0.5, 0.6) is 0 Å². The average Bonchev–Trinajstić information content (AvgIpc) is 3.09. The van der Waals surface area contributed by atoms with Crippen LogP contribution in [0, 0.1) is 12.7 Å². The summed E-state index contributed by atoms with van der Waals surface area (Å²) in [6.07, 6.45) is 0. The van der Waals surface area contributed by atoms with Crippen molar-refractivity contribution in [3.05, 3.63) is 82.7 Å². The number of nitrogens with zero attached hydrogens (tertiary/aromatic N) is 2. The lowest BCUT2D eigenvalue weighted by Crippen LogP contribution is -2.04. The summed E-state index contributed by atoms with van der Waals surface area (Å²) in [6.45, 7) is 7.65. The third-order valence-corrected chi connectivity index (χ3v) is 5.54. The smallest absolute Gasteiger partial charge is 0.331 e. The van der Waals surface area contributed by atoms with Crippen LogP contribution in [0.25, 0.3) is 21.8 Å². The molecule has 0 N–H and O–H groups in total. The quantitative estimate of drug-likeness (QED) is 0.175. The number of rotatable bonds is 5. The van der Waals surface area contributed by atoms with Crippen LogP contribution in [0.2, 0.25) is 0 Å². The predicted octanol–water partition coefficient (Wildman–Crippen LogP) is 5.78. The highest BCUT2D eigenvalue weighted by Crippen LogP contribution is 2.31. The van der Waals surface area contributed by atoms with Crippen molar-refractivity contribution in [3.63, 3.8) is 0 Å². The van der Waals surface area contributed by atoms with Gasteiger partial charge in [-0.15, -0.1) is 0 Å². The second kappa shape index (κ2) is 8.38. The van der Waals surface area contributed by atoms with Gasteiger partial charge in [0.25, 0.3) is 0 Å². The summed E-state index contributed by atoms with van der Waals surface area (Å²) in [7, 11) is 0. The first kappa shape index (κ1) is 21.4. The van der Waals surface area contributed by atoms with Crippen LogP contribution in [0.4, 0.5) is 4.39 Å². The number of aromatic nitrogens is 1. The first-order valence-electron chi connectivity index (χ1n) is 10.4. The van der Waals surface area contributed by atoms with Gasteiger partial charge in [0.05, 0.1) is 11.3 Å². The zero-order valence-electron chi connectivity index (χ0n) is 18.4. The second-order valence-electron chi connectivity index (χ2n) is 7.78. The van der Waals surface area contributed by atoms with Crippen LogP contribution in [-0.4, -0.2) is 22.0 Å². The van der Waals surface area contributed by atoms with E-state index in [9.17, 15) is 14.0 Å². The van der Waals surface area contributed by atoms with Crippen molar-refractivity contribution in [2.24, 2.45) is 5.16 Å². The number of hydrogen-bond acceptors (Lipinski definition) is 4. The number of aryl methyl sites for hydroxylation is 2. The molecule has 162 valence electrons. The van der Waals surface area contributed by atoms with E-state index in [2.05, 4.69) is 16.6 Å². The van der Waals surface area contributed by atoms with Gasteiger partial charge in [0.2, 0.25) is 0 Å². The van der Waals surface area contributed by atoms with Gasteiger partial charge in [-0.25, -0.2) is 9.18 Å². The summed E-state index contributed by atoms with van der Waals surface area (Å²) in [5.41, 5.74) is 4.60. The van der Waals surface area contributed by atoms with Crippen molar-refractivity contribution in [1.29, 1.82) is 0 Å². The Morgan fingerprint density at radius 3 is 2.16 bits per heavy atom. The fraction of sp³-hybridized carbons (Fsp3) is 0.192. The molecule has 32 heavy (non-hydrogen) atoms. The summed E-state index contributed by atoms with van der Waals surface area (Å²) in [5.74, 6) is -1.37. The van der Waals surface area contributed by atoms with E-state index in [1.807, 2.05) is 30.3 Å². The van der Waals surface area contributed by atoms with E-state index in [1.165, 1.54) is 19.1 Å². The van der Waals surface area contributed by atoms with Crippen molar-refractivity contribution in [2.75, 3.05) is 0 Å². The normalized spacial score (nSPS) is 11.8. The van der Waals surface area contributed by atoms with E-state index in [-0.39, 0.29) is 11.3 Å². The summed E-state index contributed by atoms with van der Waals surface area (Å²) in [6, 6.07) is 16.0. The number of hydrogen-bond donors (Lipinski definition) is 0. The Kier molecular flexibility index (Phi) is 5.61. The van der Waals surface area contributed by atoms with E-state index in [4.69, 9.17) is 4.84 Å². The number of fused-ring (bicyclic) bond motifs is 3. The fourth-order valence-corrected chi connectivity index (χ4v) is 3.96. The van der Waals surface area contributed by atoms with Gasteiger partial charge >= 0.3 is 5.97 Å². The van der Waals surface area contributed by atoms with E-state index < -0.39 is 11.8 Å². The molecule has 0 saturated heterocycles. The summed E-state index contributed by atoms with van der Waals surface area (Å²) in [5, 5.41) is 5.71. The minimum atomic E-state index is -0.523. The molecule has 0 fully saturated rings. The highest BCUT2D eigenvalue weighted by molar-refractivity contribution is 6.16. The molecule has 5 nitrogen and oxygen atoms in total. The lowest BCUT2D eigenvalue weighted by atomic mass is 9.99. The molecule has 0 bridgehead atoms. The van der Waals surface area contributed by atoms with Crippen molar-refractivity contribution >= 4 is 39.3 Å². The molecule has 0 aliphatic rings. The molecule has 0 radical (unpaired) electrons. The maximum absolute atomic E-state index is 14.4. The Bertz CT molecular complexity index is 1420. The average molecular weight is 430 g/mol. The number of oxime groups is 1. The van der Waals surface area contributed by atoms with Gasteiger partial charge in [0.15, 0.2) is 5.78 Å². The third kappa shape index (κ3) is 3.80. The van der Waals surface area contributed by atoms with Crippen molar-refractivity contribution in [1.82, 2.24) is 4.57 Å². The minimum Gasteiger partial charge on any atom is -0.341 e. The molecule has 0 atom stereocenters. The van der Waals surface area contributed by atoms with Gasteiger partial charge in [-0.1, -0.05) is 17.3 Å². The first-order valence-corrected chi connectivity index (χ1v) is 10.4. The standard InChI is InChI=1S/C26H23FN2O3/c1-5-29-24-10-7-18(16(3)28-32-17(4)30)13-21(24)22-14-19(8-11-25(22)29)26(31)20-9-6-15(2)12-23(20)27/h6-14H,5H2,1-4H3/b28-16-. The van der Waals surface area contributed by atoms with Crippen LogP contribution in [0.3, 0.4) is 0 Å². The predicted molar refractivity (Wildman–Crippen MR) is 124 cm³/mol. The van der Waals surface area contributed by atoms with Gasteiger partial charge < -0.3 is 9.40 Å². The lowest BCUT2D eigenvalue weighted by Gasteiger charge is -2.06. The maximum Gasteiger partial charge on any atom is 0.331 e. The van der Waals surface area contributed by atoms with E-state index in [0.717, 1.165) is 39.5 Å². The Balaban J connectivity index is 1.87. The molecule has 1 heterocycles. The van der Waals surface area contributed by atoms with Crippen LogP contribution in [0.1, 0.15) is 47.8 Å².